The van der Waals surface area contributed by atoms with Crippen LogP contribution in [0, 0.1) is 5.92 Å². The normalized spacial score (nSPS) is 18.7. The predicted octanol–water partition coefficient (Wildman–Crippen LogP) is 1.80. The second-order valence-electron chi connectivity index (χ2n) is 4.42. The van der Waals surface area contributed by atoms with Crippen LogP contribution in [0.25, 0.3) is 0 Å². The van der Waals surface area contributed by atoms with Crippen molar-refractivity contribution < 1.29 is 9.53 Å². The minimum absolute atomic E-state index is 0.0368. The summed E-state index contributed by atoms with van der Waals surface area (Å²) in [5.74, 6) is 1.24. The van der Waals surface area contributed by atoms with E-state index in [9.17, 15) is 4.79 Å². The summed E-state index contributed by atoms with van der Waals surface area (Å²) in [6, 6.07) is 5.34. The highest BCUT2D eigenvalue weighted by atomic mass is 79.9. The largest absolute Gasteiger partial charge is 0.496 e. The quantitative estimate of drug-likeness (QED) is 0.891. The molecular weight excluding hydrogens is 296 g/mol. The van der Waals surface area contributed by atoms with Crippen LogP contribution in [0.1, 0.15) is 16.8 Å². The van der Waals surface area contributed by atoms with Gasteiger partial charge >= 0.3 is 0 Å². The van der Waals surface area contributed by atoms with E-state index in [4.69, 9.17) is 4.74 Å². The fourth-order valence-corrected chi connectivity index (χ4v) is 2.58. The minimum atomic E-state index is -0.0368. The predicted molar refractivity (Wildman–Crippen MR) is 74.0 cm³/mol. The van der Waals surface area contributed by atoms with Crippen molar-refractivity contribution in [1.29, 1.82) is 0 Å². The van der Waals surface area contributed by atoms with E-state index in [1.54, 1.807) is 25.3 Å². The second-order valence-corrected chi connectivity index (χ2v) is 5.27. The molecule has 1 saturated heterocycles. The van der Waals surface area contributed by atoms with Crippen LogP contribution in [0.4, 0.5) is 0 Å². The molecule has 0 radical (unpaired) electrons. The highest BCUT2D eigenvalue weighted by Gasteiger charge is 2.16. The zero-order valence-electron chi connectivity index (χ0n) is 10.3. The summed E-state index contributed by atoms with van der Waals surface area (Å²) in [5.41, 5.74) is 0.647. The maximum Gasteiger partial charge on any atom is 0.251 e. The van der Waals surface area contributed by atoms with Gasteiger partial charge in [-0.2, -0.15) is 0 Å². The maximum absolute atomic E-state index is 12.0. The molecule has 1 atom stereocenters. The second kappa shape index (κ2) is 6.20. The van der Waals surface area contributed by atoms with Gasteiger partial charge in [-0.3, -0.25) is 4.79 Å². The van der Waals surface area contributed by atoms with Gasteiger partial charge in [0.1, 0.15) is 5.75 Å². The zero-order valence-corrected chi connectivity index (χ0v) is 11.9. The van der Waals surface area contributed by atoms with Gasteiger partial charge < -0.3 is 15.4 Å². The summed E-state index contributed by atoms with van der Waals surface area (Å²) in [6.45, 7) is 2.77. The molecule has 0 aromatic heterocycles. The number of nitrogens with one attached hydrogen (secondary N) is 2. The van der Waals surface area contributed by atoms with Gasteiger partial charge in [0.05, 0.1) is 11.6 Å². The summed E-state index contributed by atoms with van der Waals surface area (Å²) in [4.78, 5) is 12.0. The highest BCUT2D eigenvalue weighted by Crippen LogP contribution is 2.25. The molecule has 0 saturated carbocycles. The summed E-state index contributed by atoms with van der Waals surface area (Å²) in [6.07, 6.45) is 1.13. The van der Waals surface area contributed by atoms with E-state index in [2.05, 4.69) is 26.6 Å². The number of hydrogen-bond acceptors (Lipinski definition) is 3. The van der Waals surface area contributed by atoms with E-state index >= 15 is 0 Å². The van der Waals surface area contributed by atoms with E-state index in [1.807, 2.05) is 0 Å². The van der Waals surface area contributed by atoms with Crippen LogP contribution in [-0.4, -0.2) is 32.7 Å². The first-order valence-electron chi connectivity index (χ1n) is 6.03. The van der Waals surface area contributed by atoms with Crippen LogP contribution >= 0.6 is 15.9 Å². The third kappa shape index (κ3) is 3.23. The van der Waals surface area contributed by atoms with Crippen molar-refractivity contribution in [2.24, 2.45) is 5.92 Å². The molecule has 1 aromatic rings. The number of rotatable bonds is 4. The standard InChI is InChI=1S/C13H17BrN2O2/c1-18-12-3-2-10(6-11(12)14)13(17)16-8-9-4-5-15-7-9/h2-3,6,9,15H,4-5,7-8H2,1H3,(H,16,17). The van der Waals surface area contributed by atoms with Crippen molar-refractivity contribution in [3.05, 3.63) is 28.2 Å². The van der Waals surface area contributed by atoms with Crippen molar-refractivity contribution >= 4 is 21.8 Å². The summed E-state index contributed by atoms with van der Waals surface area (Å²) < 4.78 is 5.93. The molecule has 1 amide bonds. The maximum atomic E-state index is 12.0. The molecule has 1 aliphatic heterocycles. The molecule has 1 aliphatic rings. The molecule has 4 nitrogen and oxygen atoms in total. The van der Waals surface area contributed by atoms with Crippen LogP contribution < -0.4 is 15.4 Å². The van der Waals surface area contributed by atoms with E-state index in [0.717, 1.165) is 36.3 Å². The Kier molecular flexibility index (Phi) is 4.60. The molecule has 0 spiro atoms. The van der Waals surface area contributed by atoms with Crippen molar-refractivity contribution in [1.82, 2.24) is 10.6 Å². The summed E-state index contributed by atoms with van der Waals surface area (Å²) in [5, 5.41) is 6.25. The fraction of sp³-hybridized carbons (Fsp3) is 0.462. The molecule has 18 heavy (non-hydrogen) atoms. The molecule has 1 fully saturated rings. The molecule has 98 valence electrons. The summed E-state index contributed by atoms with van der Waals surface area (Å²) in [7, 11) is 1.60. The van der Waals surface area contributed by atoms with Gasteiger partial charge in [0.15, 0.2) is 0 Å². The van der Waals surface area contributed by atoms with Gasteiger partial charge in [-0.1, -0.05) is 0 Å². The molecule has 1 heterocycles. The van der Waals surface area contributed by atoms with Gasteiger partial charge in [-0.15, -0.1) is 0 Å². The lowest BCUT2D eigenvalue weighted by Crippen LogP contribution is -2.30. The monoisotopic (exact) mass is 312 g/mol. The van der Waals surface area contributed by atoms with Crippen molar-refractivity contribution in [3.8, 4) is 5.75 Å². The van der Waals surface area contributed by atoms with Gasteiger partial charge in [-0.05, 0) is 59.6 Å². The topological polar surface area (TPSA) is 50.4 Å². The minimum Gasteiger partial charge on any atom is -0.496 e. The Labute approximate surface area is 115 Å². The summed E-state index contributed by atoms with van der Waals surface area (Å²) >= 11 is 3.38. The average Bonchev–Trinajstić information content (AvgIpc) is 2.89. The molecule has 0 bridgehead atoms. The number of amides is 1. The van der Waals surface area contributed by atoms with Crippen LogP contribution in [0.3, 0.4) is 0 Å². The van der Waals surface area contributed by atoms with Crippen LogP contribution in [-0.2, 0) is 0 Å². The Bertz CT molecular complexity index is 431. The Balaban J connectivity index is 1.93. The van der Waals surface area contributed by atoms with E-state index in [-0.39, 0.29) is 5.91 Å². The number of benzene rings is 1. The van der Waals surface area contributed by atoms with Gasteiger partial charge in [0, 0.05) is 12.1 Å². The molecule has 1 aromatic carbocycles. The lowest BCUT2D eigenvalue weighted by molar-refractivity contribution is 0.0948. The third-order valence-corrected chi connectivity index (χ3v) is 3.75. The van der Waals surface area contributed by atoms with E-state index < -0.39 is 0 Å². The van der Waals surface area contributed by atoms with Crippen molar-refractivity contribution in [3.63, 3.8) is 0 Å². The molecule has 5 heteroatoms. The molecule has 0 aliphatic carbocycles. The smallest absolute Gasteiger partial charge is 0.251 e. The van der Waals surface area contributed by atoms with Gasteiger partial charge in [-0.25, -0.2) is 0 Å². The molecule has 2 N–H and O–H groups in total. The number of ether oxygens (including phenoxy) is 1. The SMILES string of the molecule is COc1ccc(C(=O)NCC2CCNC2)cc1Br. The Hall–Kier alpha value is -1.07. The number of halogens is 1. The molecule has 1 unspecified atom stereocenters. The van der Waals surface area contributed by atoms with E-state index in [1.165, 1.54) is 0 Å². The number of carbonyl (C=O) groups is 1. The zero-order chi connectivity index (χ0) is 13.0. The van der Waals surface area contributed by atoms with Crippen LogP contribution in [0.2, 0.25) is 0 Å². The number of carbonyl (C=O) groups excluding carboxylic acids is 1. The van der Waals surface area contributed by atoms with Gasteiger partial charge in [0.25, 0.3) is 5.91 Å². The highest BCUT2D eigenvalue weighted by molar-refractivity contribution is 9.10. The Morgan fingerprint density at radius 2 is 2.44 bits per heavy atom. The van der Waals surface area contributed by atoms with Gasteiger partial charge in [0.2, 0.25) is 0 Å². The molecular formula is C13H17BrN2O2. The number of hydrogen-bond donors (Lipinski definition) is 2. The van der Waals surface area contributed by atoms with E-state index in [0.29, 0.717) is 11.5 Å². The first-order valence-corrected chi connectivity index (χ1v) is 6.82. The Morgan fingerprint density at radius 1 is 1.61 bits per heavy atom. The third-order valence-electron chi connectivity index (χ3n) is 3.13. The first-order chi connectivity index (χ1) is 8.70. The first kappa shape index (κ1) is 13.4. The average molecular weight is 313 g/mol. The lowest BCUT2D eigenvalue weighted by Gasteiger charge is -2.11. The van der Waals surface area contributed by atoms with Crippen LogP contribution in [0.5, 0.6) is 5.75 Å². The Morgan fingerprint density at radius 3 is 3.06 bits per heavy atom. The van der Waals surface area contributed by atoms with Crippen molar-refractivity contribution in [2.45, 2.75) is 6.42 Å². The number of methoxy groups -OCH3 is 1. The fourth-order valence-electron chi connectivity index (χ4n) is 2.04. The lowest BCUT2D eigenvalue weighted by atomic mass is 10.1. The van der Waals surface area contributed by atoms with Crippen molar-refractivity contribution in [2.75, 3.05) is 26.7 Å². The van der Waals surface area contributed by atoms with Crippen LogP contribution in [0.15, 0.2) is 22.7 Å². The molecule has 2 rings (SSSR count).